The molecule has 1 aromatic heterocycles. The van der Waals surface area contributed by atoms with E-state index in [-0.39, 0.29) is 5.95 Å². The number of nitrogen functional groups attached to an aromatic ring is 1. The summed E-state index contributed by atoms with van der Waals surface area (Å²) in [6, 6.07) is 9.79. The number of nitrogens with two attached hydrogens (primary N) is 1. The normalized spacial score (nSPS) is 9.93. The van der Waals surface area contributed by atoms with Gasteiger partial charge < -0.3 is 11.1 Å². The summed E-state index contributed by atoms with van der Waals surface area (Å²) in [6.07, 6.45) is 1.62. The third-order valence-electron chi connectivity index (χ3n) is 1.79. The van der Waals surface area contributed by atoms with Crippen molar-refractivity contribution in [2.24, 2.45) is 0 Å². The van der Waals surface area contributed by atoms with E-state index in [1.54, 1.807) is 12.3 Å². The quantitative estimate of drug-likeness (QED) is 0.836. The first-order chi connectivity index (χ1) is 7.24. The third kappa shape index (κ3) is 2.79. The number of hydrogen-bond donors (Lipinski definition) is 2. The third-order valence-corrected chi connectivity index (χ3v) is 2.51. The Morgan fingerprint density at radius 1 is 1.13 bits per heavy atom. The lowest BCUT2D eigenvalue weighted by atomic mass is 10.3. The number of nitrogens with zero attached hydrogens (tertiary/aromatic N) is 2. The van der Waals surface area contributed by atoms with E-state index >= 15 is 0 Å². The number of benzene rings is 1. The molecule has 1 heterocycles. The summed E-state index contributed by atoms with van der Waals surface area (Å²) in [6.45, 7) is 0. The van der Waals surface area contributed by atoms with Crippen molar-refractivity contribution in [2.75, 3.05) is 11.1 Å². The van der Waals surface area contributed by atoms with Gasteiger partial charge in [0.15, 0.2) is 0 Å². The van der Waals surface area contributed by atoms with E-state index in [9.17, 15) is 0 Å². The molecular weight excluding hydrogens is 303 g/mol. The summed E-state index contributed by atoms with van der Waals surface area (Å²) in [4.78, 5) is 7.87. The van der Waals surface area contributed by atoms with Gasteiger partial charge in [0.2, 0.25) is 5.95 Å². The molecule has 0 radical (unpaired) electrons. The fraction of sp³-hybridized carbons (Fsp3) is 0. The Morgan fingerprint density at radius 2 is 1.87 bits per heavy atom. The van der Waals surface area contributed by atoms with Crippen LogP contribution in [0.25, 0.3) is 0 Å². The van der Waals surface area contributed by atoms with Crippen LogP contribution < -0.4 is 11.1 Å². The van der Waals surface area contributed by atoms with Crippen LogP contribution in [0.1, 0.15) is 0 Å². The maximum atomic E-state index is 5.47. The molecule has 0 unspecified atom stereocenters. The van der Waals surface area contributed by atoms with Gasteiger partial charge in [-0.05, 0) is 52.9 Å². The van der Waals surface area contributed by atoms with E-state index < -0.39 is 0 Å². The Kier molecular flexibility index (Phi) is 3.00. The molecule has 1 aromatic carbocycles. The molecule has 5 heteroatoms. The highest BCUT2D eigenvalue weighted by Crippen LogP contribution is 2.15. The summed E-state index contributed by atoms with van der Waals surface area (Å²) in [5, 5.41) is 3.14. The van der Waals surface area contributed by atoms with Gasteiger partial charge in [0.1, 0.15) is 5.82 Å². The first-order valence-electron chi connectivity index (χ1n) is 4.35. The van der Waals surface area contributed by atoms with Crippen molar-refractivity contribution < 1.29 is 0 Å². The standard InChI is InChI=1S/C10H9IN4/c11-7-1-3-8(4-2-7)14-9-5-6-13-10(12)15-9/h1-6H,(H3,12,13,14,15). The summed E-state index contributed by atoms with van der Waals surface area (Å²) < 4.78 is 1.19. The van der Waals surface area contributed by atoms with Crippen LogP contribution in [-0.4, -0.2) is 9.97 Å². The lowest BCUT2D eigenvalue weighted by Crippen LogP contribution is -1.98. The predicted octanol–water partition coefficient (Wildman–Crippen LogP) is 2.41. The molecule has 2 rings (SSSR count). The smallest absolute Gasteiger partial charge is 0.221 e. The minimum absolute atomic E-state index is 0.269. The second-order valence-electron chi connectivity index (χ2n) is 2.93. The molecule has 0 aliphatic carbocycles. The Labute approximate surface area is 101 Å². The molecule has 0 saturated heterocycles. The molecule has 0 saturated carbocycles. The van der Waals surface area contributed by atoms with Gasteiger partial charge in [0, 0.05) is 15.5 Å². The van der Waals surface area contributed by atoms with Gasteiger partial charge in [0.25, 0.3) is 0 Å². The highest BCUT2D eigenvalue weighted by atomic mass is 127. The van der Waals surface area contributed by atoms with Crippen molar-refractivity contribution in [1.82, 2.24) is 9.97 Å². The monoisotopic (exact) mass is 312 g/mol. The van der Waals surface area contributed by atoms with Crippen LogP contribution in [0.5, 0.6) is 0 Å². The van der Waals surface area contributed by atoms with Crippen molar-refractivity contribution >= 4 is 40.0 Å². The molecule has 2 aromatic rings. The molecule has 0 aliphatic rings. The number of anilines is 3. The van der Waals surface area contributed by atoms with Crippen LogP contribution in [0.4, 0.5) is 17.5 Å². The summed E-state index contributed by atoms with van der Waals surface area (Å²) in [5.41, 5.74) is 6.45. The number of rotatable bonds is 2. The molecule has 76 valence electrons. The van der Waals surface area contributed by atoms with Gasteiger partial charge in [-0.25, -0.2) is 4.98 Å². The molecule has 0 aliphatic heterocycles. The summed E-state index contributed by atoms with van der Waals surface area (Å²) >= 11 is 2.26. The van der Waals surface area contributed by atoms with Gasteiger partial charge in [-0.1, -0.05) is 0 Å². The number of halogens is 1. The Balaban J connectivity index is 2.18. The molecule has 0 amide bonds. The molecule has 15 heavy (non-hydrogen) atoms. The Bertz CT molecular complexity index is 455. The van der Waals surface area contributed by atoms with E-state index in [0.29, 0.717) is 5.82 Å². The van der Waals surface area contributed by atoms with E-state index in [4.69, 9.17) is 5.73 Å². The average Bonchev–Trinajstić information content (AvgIpc) is 2.22. The number of aromatic nitrogens is 2. The van der Waals surface area contributed by atoms with Crippen molar-refractivity contribution in [3.63, 3.8) is 0 Å². The second-order valence-corrected chi connectivity index (χ2v) is 4.18. The van der Waals surface area contributed by atoms with Gasteiger partial charge in [0.05, 0.1) is 0 Å². The number of hydrogen-bond acceptors (Lipinski definition) is 4. The maximum Gasteiger partial charge on any atom is 0.221 e. The minimum Gasteiger partial charge on any atom is -0.368 e. The van der Waals surface area contributed by atoms with Crippen LogP contribution in [0, 0.1) is 3.57 Å². The van der Waals surface area contributed by atoms with Crippen molar-refractivity contribution in [1.29, 1.82) is 0 Å². The van der Waals surface area contributed by atoms with Gasteiger partial charge >= 0.3 is 0 Å². The first kappa shape index (κ1) is 10.2. The van der Waals surface area contributed by atoms with E-state index in [0.717, 1.165) is 5.69 Å². The zero-order valence-electron chi connectivity index (χ0n) is 7.81. The molecule has 4 nitrogen and oxygen atoms in total. The van der Waals surface area contributed by atoms with Crippen LogP contribution in [0.2, 0.25) is 0 Å². The summed E-state index contributed by atoms with van der Waals surface area (Å²) in [5.74, 6) is 0.967. The fourth-order valence-electron chi connectivity index (χ4n) is 1.12. The van der Waals surface area contributed by atoms with Crippen molar-refractivity contribution in [3.05, 3.63) is 40.1 Å². The zero-order chi connectivity index (χ0) is 10.7. The van der Waals surface area contributed by atoms with Crippen molar-refractivity contribution in [2.45, 2.75) is 0 Å². The molecule has 0 fully saturated rings. The molecule has 0 atom stereocenters. The minimum atomic E-state index is 0.269. The van der Waals surface area contributed by atoms with Gasteiger partial charge in [-0.3, -0.25) is 0 Å². The number of nitrogens with one attached hydrogen (secondary N) is 1. The van der Waals surface area contributed by atoms with Crippen LogP contribution >= 0.6 is 22.6 Å². The topological polar surface area (TPSA) is 63.8 Å². The average molecular weight is 312 g/mol. The lowest BCUT2D eigenvalue weighted by molar-refractivity contribution is 1.18. The Morgan fingerprint density at radius 3 is 2.53 bits per heavy atom. The highest BCUT2D eigenvalue weighted by molar-refractivity contribution is 14.1. The van der Waals surface area contributed by atoms with E-state index in [1.165, 1.54) is 3.57 Å². The van der Waals surface area contributed by atoms with Crippen LogP contribution in [0.15, 0.2) is 36.5 Å². The fourth-order valence-corrected chi connectivity index (χ4v) is 1.48. The highest BCUT2D eigenvalue weighted by Gasteiger charge is 1.96. The van der Waals surface area contributed by atoms with Crippen LogP contribution in [-0.2, 0) is 0 Å². The van der Waals surface area contributed by atoms with Crippen LogP contribution in [0.3, 0.4) is 0 Å². The zero-order valence-corrected chi connectivity index (χ0v) is 9.97. The SMILES string of the molecule is Nc1nccc(Nc2ccc(I)cc2)n1. The van der Waals surface area contributed by atoms with E-state index in [1.807, 2.05) is 24.3 Å². The molecule has 0 spiro atoms. The first-order valence-corrected chi connectivity index (χ1v) is 5.43. The summed E-state index contributed by atoms with van der Waals surface area (Å²) in [7, 11) is 0. The maximum absolute atomic E-state index is 5.47. The molecular formula is C10H9IN4. The van der Waals surface area contributed by atoms with Crippen molar-refractivity contribution in [3.8, 4) is 0 Å². The van der Waals surface area contributed by atoms with Gasteiger partial charge in [-0.15, -0.1) is 0 Å². The predicted molar refractivity (Wildman–Crippen MR) is 68.9 cm³/mol. The largest absolute Gasteiger partial charge is 0.368 e. The Hall–Kier alpha value is -1.37. The molecule has 0 bridgehead atoms. The van der Waals surface area contributed by atoms with Gasteiger partial charge in [-0.2, -0.15) is 4.98 Å². The molecule has 3 N–H and O–H groups in total. The lowest BCUT2D eigenvalue weighted by Gasteiger charge is -2.05. The van der Waals surface area contributed by atoms with E-state index in [2.05, 4.69) is 37.9 Å². The second kappa shape index (κ2) is 4.43.